The lowest BCUT2D eigenvalue weighted by molar-refractivity contribution is -0.118. The Kier molecular flexibility index (Phi) is 7.80. The molecular weight excluding hydrogens is 440 g/mol. The van der Waals surface area contributed by atoms with Crippen LogP contribution in [-0.2, 0) is 16.0 Å². The topological polar surface area (TPSA) is 161 Å². The molecule has 34 heavy (non-hydrogen) atoms. The lowest BCUT2D eigenvalue weighted by Gasteiger charge is -2.17. The Morgan fingerprint density at radius 1 is 1.09 bits per heavy atom. The Morgan fingerprint density at radius 3 is 2.44 bits per heavy atom. The number of amides is 2. The Bertz CT molecular complexity index is 1160. The quantitative estimate of drug-likeness (QED) is 0.371. The van der Waals surface area contributed by atoms with E-state index >= 15 is 0 Å². The smallest absolute Gasteiger partial charge is 0.407 e. The van der Waals surface area contributed by atoms with Crippen LogP contribution < -0.4 is 21.7 Å². The van der Waals surface area contributed by atoms with Crippen LogP contribution in [0.4, 0.5) is 28.1 Å². The maximum absolute atomic E-state index is 12.7. The van der Waals surface area contributed by atoms with Crippen LogP contribution >= 0.6 is 0 Å². The van der Waals surface area contributed by atoms with Gasteiger partial charge in [-0.25, -0.2) is 4.79 Å². The average Bonchev–Trinajstić information content (AvgIpc) is 3.18. The van der Waals surface area contributed by atoms with Crippen molar-refractivity contribution < 1.29 is 23.6 Å². The van der Waals surface area contributed by atoms with E-state index in [4.69, 9.17) is 15.0 Å². The summed E-state index contributed by atoms with van der Waals surface area (Å²) in [5.74, 6) is -0.319. The van der Waals surface area contributed by atoms with Gasteiger partial charge in [-0.3, -0.25) is 9.59 Å². The highest BCUT2D eigenvalue weighted by Gasteiger charge is 2.19. The minimum absolute atomic E-state index is 0.0688. The van der Waals surface area contributed by atoms with Gasteiger partial charge in [0.25, 0.3) is 11.9 Å². The molecule has 1 aromatic heterocycles. The second-order valence-electron chi connectivity index (χ2n) is 7.78. The molecule has 2 amide bonds. The number of nitrogens with two attached hydrogens (primary N) is 1. The number of Topliss-reactive ketones (excluding diaryl/α,β-unsaturated/α-hetero) is 1. The summed E-state index contributed by atoms with van der Waals surface area (Å²) in [6.45, 7) is 4.87. The maximum atomic E-state index is 12.7. The maximum Gasteiger partial charge on any atom is 0.407 e. The van der Waals surface area contributed by atoms with Crippen molar-refractivity contribution in [2.45, 2.75) is 39.3 Å². The van der Waals surface area contributed by atoms with Crippen molar-refractivity contribution in [3.63, 3.8) is 0 Å². The first-order chi connectivity index (χ1) is 16.2. The van der Waals surface area contributed by atoms with Crippen LogP contribution in [0.3, 0.4) is 0 Å². The molecule has 0 aliphatic rings. The molecule has 0 aliphatic heterocycles. The summed E-state index contributed by atoms with van der Waals surface area (Å²) < 4.78 is 9.75. The lowest BCUT2D eigenvalue weighted by Crippen LogP contribution is -2.42. The van der Waals surface area contributed by atoms with Crippen molar-refractivity contribution in [2.75, 3.05) is 16.4 Å². The summed E-state index contributed by atoms with van der Waals surface area (Å²) in [6, 6.07) is 13.0. The number of carbonyl (C=O) groups is 3. The van der Waals surface area contributed by atoms with E-state index in [0.717, 1.165) is 5.56 Å². The molecule has 0 spiro atoms. The van der Waals surface area contributed by atoms with E-state index in [-0.39, 0.29) is 29.8 Å². The molecule has 2 aromatic carbocycles. The largest absolute Gasteiger partial charge is 0.447 e. The molecule has 3 rings (SSSR count). The predicted octanol–water partition coefficient (Wildman–Crippen LogP) is 3.28. The van der Waals surface area contributed by atoms with E-state index in [1.165, 1.54) is 6.92 Å². The fourth-order valence-corrected chi connectivity index (χ4v) is 3.00. The minimum atomic E-state index is -0.712. The Morgan fingerprint density at radius 2 is 1.82 bits per heavy atom. The van der Waals surface area contributed by atoms with Gasteiger partial charge in [0, 0.05) is 16.9 Å². The second-order valence-corrected chi connectivity index (χ2v) is 7.78. The molecule has 1 unspecified atom stereocenters. The fourth-order valence-electron chi connectivity index (χ4n) is 3.00. The summed E-state index contributed by atoms with van der Waals surface area (Å²) in [4.78, 5) is 40.3. The molecule has 11 heteroatoms. The van der Waals surface area contributed by atoms with Crippen LogP contribution in [0.1, 0.15) is 36.7 Å². The molecule has 5 N–H and O–H groups in total. The summed E-state index contributed by atoms with van der Waals surface area (Å²) in [5.41, 5.74) is 7.79. The summed E-state index contributed by atoms with van der Waals surface area (Å²) >= 11 is 0. The van der Waals surface area contributed by atoms with Gasteiger partial charge in [0.05, 0.1) is 12.1 Å². The molecule has 1 heterocycles. The first kappa shape index (κ1) is 24.2. The Labute approximate surface area is 196 Å². The highest BCUT2D eigenvalue weighted by atomic mass is 16.6. The molecule has 0 saturated heterocycles. The standard InChI is InChI=1S/C23H26N6O5/c1-13(2)33-23(32)27-19(14(3)30)11-15-7-9-17(10-8-15)25-20(31)16-5-4-6-18(12-16)26-22-28-21(24)34-29-22/h4-10,12-13,19H,11H2,1-3H3,(H,25,31)(H,27,32)(H3,24,26,28,29). The van der Waals surface area contributed by atoms with Gasteiger partial charge in [0.15, 0.2) is 5.78 Å². The molecule has 0 bridgehead atoms. The van der Waals surface area contributed by atoms with Crippen molar-refractivity contribution in [1.82, 2.24) is 15.5 Å². The number of ketones is 1. The van der Waals surface area contributed by atoms with Gasteiger partial charge in [-0.15, -0.1) is 0 Å². The molecule has 178 valence electrons. The van der Waals surface area contributed by atoms with Crippen molar-refractivity contribution in [3.05, 3.63) is 59.7 Å². The van der Waals surface area contributed by atoms with Crippen LogP contribution in [0.5, 0.6) is 0 Å². The molecule has 0 aliphatic carbocycles. The molecule has 0 radical (unpaired) electrons. The highest BCUT2D eigenvalue weighted by molar-refractivity contribution is 6.04. The van der Waals surface area contributed by atoms with Crippen molar-refractivity contribution in [2.24, 2.45) is 0 Å². The second kappa shape index (κ2) is 10.9. The zero-order chi connectivity index (χ0) is 24.7. The number of carbonyl (C=O) groups excluding carboxylic acids is 3. The SMILES string of the molecule is CC(=O)C(Cc1ccc(NC(=O)c2cccc(Nc3noc(N)n3)c2)cc1)NC(=O)OC(C)C. The van der Waals surface area contributed by atoms with Crippen LogP contribution in [0.15, 0.2) is 53.1 Å². The molecule has 11 nitrogen and oxygen atoms in total. The zero-order valence-corrected chi connectivity index (χ0v) is 19.0. The van der Waals surface area contributed by atoms with E-state index in [9.17, 15) is 14.4 Å². The molecule has 3 aromatic rings. The van der Waals surface area contributed by atoms with Crippen LogP contribution in [0.2, 0.25) is 0 Å². The van der Waals surface area contributed by atoms with E-state index in [1.807, 2.05) is 0 Å². The number of alkyl carbamates (subject to hydrolysis) is 1. The van der Waals surface area contributed by atoms with E-state index in [0.29, 0.717) is 23.4 Å². The fraction of sp³-hybridized carbons (Fsp3) is 0.261. The summed E-state index contributed by atoms with van der Waals surface area (Å²) in [6.07, 6.45) is -0.631. The normalized spacial score (nSPS) is 11.5. The van der Waals surface area contributed by atoms with Gasteiger partial charge >= 0.3 is 12.1 Å². The van der Waals surface area contributed by atoms with Gasteiger partial charge < -0.3 is 30.9 Å². The summed E-state index contributed by atoms with van der Waals surface area (Å²) in [7, 11) is 0. The van der Waals surface area contributed by atoms with Gasteiger partial charge in [-0.2, -0.15) is 4.98 Å². The van der Waals surface area contributed by atoms with E-state index in [1.54, 1.807) is 62.4 Å². The van der Waals surface area contributed by atoms with Gasteiger partial charge in [0.1, 0.15) is 0 Å². The number of nitrogens with one attached hydrogen (secondary N) is 3. The van der Waals surface area contributed by atoms with Crippen LogP contribution in [0.25, 0.3) is 0 Å². The number of anilines is 4. The number of ether oxygens (including phenoxy) is 1. The van der Waals surface area contributed by atoms with E-state index in [2.05, 4.69) is 26.1 Å². The Balaban J connectivity index is 1.60. The monoisotopic (exact) mass is 466 g/mol. The third kappa shape index (κ3) is 7.05. The van der Waals surface area contributed by atoms with Crippen molar-refractivity contribution in [3.8, 4) is 0 Å². The number of hydrogen-bond donors (Lipinski definition) is 4. The molecule has 0 fully saturated rings. The van der Waals surface area contributed by atoms with E-state index < -0.39 is 12.1 Å². The van der Waals surface area contributed by atoms with Gasteiger partial charge in [-0.05, 0) is 68.2 Å². The average molecular weight is 466 g/mol. The number of rotatable bonds is 9. The van der Waals surface area contributed by atoms with Crippen molar-refractivity contribution in [1.29, 1.82) is 0 Å². The number of hydrogen-bond acceptors (Lipinski definition) is 9. The molecular formula is C23H26N6O5. The third-order valence-corrected chi connectivity index (χ3v) is 4.60. The third-order valence-electron chi connectivity index (χ3n) is 4.60. The number of aromatic nitrogens is 2. The van der Waals surface area contributed by atoms with Gasteiger partial charge in [-0.1, -0.05) is 18.2 Å². The van der Waals surface area contributed by atoms with Gasteiger partial charge in [0.2, 0.25) is 0 Å². The number of nitrogen functional groups attached to an aromatic ring is 1. The Hall–Kier alpha value is -4.41. The van der Waals surface area contributed by atoms with Crippen LogP contribution in [0, 0.1) is 0 Å². The zero-order valence-electron chi connectivity index (χ0n) is 19.0. The van der Waals surface area contributed by atoms with Crippen LogP contribution in [-0.4, -0.2) is 40.1 Å². The lowest BCUT2D eigenvalue weighted by atomic mass is 10.0. The molecule has 0 saturated carbocycles. The predicted molar refractivity (Wildman–Crippen MR) is 126 cm³/mol. The molecule has 1 atom stereocenters. The first-order valence-electron chi connectivity index (χ1n) is 10.5. The van der Waals surface area contributed by atoms with Crippen molar-refractivity contribution >= 4 is 41.1 Å². The number of nitrogens with zero attached hydrogens (tertiary/aromatic N) is 2. The number of benzene rings is 2. The minimum Gasteiger partial charge on any atom is -0.447 e. The first-order valence-corrected chi connectivity index (χ1v) is 10.5. The highest BCUT2D eigenvalue weighted by Crippen LogP contribution is 2.18. The summed E-state index contributed by atoms with van der Waals surface area (Å²) in [5, 5.41) is 11.9.